The van der Waals surface area contributed by atoms with E-state index in [9.17, 15) is 0 Å². The summed E-state index contributed by atoms with van der Waals surface area (Å²) in [5, 5.41) is 3.46. The first kappa shape index (κ1) is 15.2. The van der Waals surface area contributed by atoms with Gasteiger partial charge in [-0.2, -0.15) is 11.8 Å². The van der Waals surface area contributed by atoms with Crippen molar-refractivity contribution in [2.75, 3.05) is 32.8 Å². The summed E-state index contributed by atoms with van der Waals surface area (Å²) in [6.45, 7) is 4.08. The molecule has 0 saturated carbocycles. The molecule has 1 N–H and O–H groups in total. The molecule has 1 aromatic rings. The van der Waals surface area contributed by atoms with Gasteiger partial charge in [0.05, 0.1) is 14.2 Å². The van der Waals surface area contributed by atoms with Crippen LogP contribution in [0.15, 0.2) is 18.2 Å². The van der Waals surface area contributed by atoms with E-state index in [0.717, 1.165) is 30.2 Å². The second kappa shape index (κ2) is 8.27. The zero-order valence-corrected chi connectivity index (χ0v) is 12.5. The first-order valence-electron chi connectivity index (χ1n) is 6.11. The molecule has 1 rings (SSSR count). The molecule has 1 atom stereocenters. The predicted octanol–water partition coefficient (Wildman–Crippen LogP) is 2.79. The van der Waals surface area contributed by atoms with Crippen LogP contribution < -0.4 is 14.8 Å². The van der Waals surface area contributed by atoms with Gasteiger partial charge in [0.15, 0.2) is 0 Å². The van der Waals surface area contributed by atoms with Gasteiger partial charge in [-0.15, -0.1) is 0 Å². The summed E-state index contributed by atoms with van der Waals surface area (Å²) in [6.07, 6.45) is 2.14. The first-order chi connectivity index (χ1) is 8.71. The lowest BCUT2D eigenvalue weighted by molar-refractivity contribution is 0.396. The van der Waals surface area contributed by atoms with Crippen LogP contribution >= 0.6 is 11.8 Å². The number of hydrogen-bond donors (Lipinski definition) is 1. The predicted molar refractivity (Wildman–Crippen MR) is 78.8 cm³/mol. The zero-order valence-electron chi connectivity index (χ0n) is 11.7. The van der Waals surface area contributed by atoms with Crippen molar-refractivity contribution in [2.24, 2.45) is 5.92 Å². The second-order valence-corrected chi connectivity index (χ2v) is 5.28. The molecule has 0 heterocycles. The fraction of sp³-hybridized carbons (Fsp3) is 0.571. The average molecular weight is 269 g/mol. The summed E-state index contributed by atoms with van der Waals surface area (Å²) >= 11 is 1.89. The summed E-state index contributed by atoms with van der Waals surface area (Å²) in [6, 6.07) is 5.88. The second-order valence-electron chi connectivity index (χ2n) is 4.37. The molecule has 0 aliphatic rings. The topological polar surface area (TPSA) is 30.5 Å². The molecule has 1 aromatic carbocycles. The van der Waals surface area contributed by atoms with E-state index in [4.69, 9.17) is 9.47 Å². The minimum atomic E-state index is 0.677. The average Bonchev–Trinajstić information content (AvgIpc) is 2.39. The van der Waals surface area contributed by atoms with Gasteiger partial charge in [-0.3, -0.25) is 0 Å². The van der Waals surface area contributed by atoms with Crippen LogP contribution in [0.3, 0.4) is 0 Å². The monoisotopic (exact) mass is 269 g/mol. The molecule has 0 spiro atoms. The van der Waals surface area contributed by atoms with E-state index in [1.54, 1.807) is 14.2 Å². The maximum atomic E-state index is 5.35. The van der Waals surface area contributed by atoms with Crippen molar-refractivity contribution >= 4 is 11.8 Å². The van der Waals surface area contributed by atoms with Crippen LogP contribution in [-0.4, -0.2) is 32.8 Å². The van der Waals surface area contributed by atoms with E-state index in [1.165, 1.54) is 5.75 Å². The molecule has 0 radical (unpaired) electrons. The summed E-state index contributed by atoms with van der Waals surface area (Å²) < 4.78 is 10.6. The molecule has 4 heteroatoms. The van der Waals surface area contributed by atoms with E-state index >= 15 is 0 Å². The van der Waals surface area contributed by atoms with E-state index in [1.807, 2.05) is 30.0 Å². The highest BCUT2D eigenvalue weighted by molar-refractivity contribution is 7.98. The summed E-state index contributed by atoms with van der Waals surface area (Å²) in [5.41, 5.74) is 1.13. The van der Waals surface area contributed by atoms with E-state index < -0.39 is 0 Å². The van der Waals surface area contributed by atoms with Gasteiger partial charge in [0, 0.05) is 12.1 Å². The molecule has 0 bridgehead atoms. The Morgan fingerprint density at radius 3 is 2.67 bits per heavy atom. The highest BCUT2D eigenvalue weighted by Crippen LogP contribution is 2.23. The van der Waals surface area contributed by atoms with Crippen LogP contribution in [0, 0.1) is 5.92 Å². The van der Waals surface area contributed by atoms with E-state index in [0.29, 0.717) is 5.92 Å². The lowest BCUT2D eigenvalue weighted by Gasteiger charge is -2.14. The van der Waals surface area contributed by atoms with Crippen molar-refractivity contribution in [1.82, 2.24) is 5.32 Å². The minimum Gasteiger partial charge on any atom is -0.497 e. The Labute approximate surface area is 114 Å². The van der Waals surface area contributed by atoms with Crippen molar-refractivity contribution in [2.45, 2.75) is 13.5 Å². The number of benzene rings is 1. The Hall–Kier alpha value is -0.870. The van der Waals surface area contributed by atoms with Crippen LogP contribution in [0.2, 0.25) is 0 Å². The van der Waals surface area contributed by atoms with Crippen LogP contribution in [0.25, 0.3) is 0 Å². The van der Waals surface area contributed by atoms with Crippen LogP contribution in [0.4, 0.5) is 0 Å². The number of ether oxygens (including phenoxy) is 2. The molecular formula is C14H23NO2S. The molecule has 0 aromatic heterocycles. The number of methoxy groups -OCH3 is 2. The van der Waals surface area contributed by atoms with Gasteiger partial charge < -0.3 is 14.8 Å². The first-order valence-corrected chi connectivity index (χ1v) is 7.51. The Morgan fingerprint density at radius 1 is 1.28 bits per heavy atom. The lowest BCUT2D eigenvalue weighted by Crippen LogP contribution is -2.22. The Morgan fingerprint density at radius 2 is 2.06 bits per heavy atom. The number of hydrogen-bond acceptors (Lipinski definition) is 4. The maximum Gasteiger partial charge on any atom is 0.123 e. The summed E-state index contributed by atoms with van der Waals surface area (Å²) in [7, 11) is 3.38. The molecule has 0 fully saturated rings. The quantitative estimate of drug-likeness (QED) is 0.786. The highest BCUT2D eigenvalue weighted by atomic mass is 32.2. The third-order valence-electron chi connectivity index (χ3n) is 2.75. The third-order valence-corrected chi connectivity index (χ3v) is 3.65. The molecule has 0 saturated heterocycles. The minimum absolute atomic E-state index is 0.677. The van der Waals surface area contributed by atoms with Gasteiger partial charge in [0.25, 0.3) is 0 Å². The number of rotatable bonds is 8. The fourth-order valence-corrected chi connectivity index (χ4v) is 2.50. The van der Waals surface area contributed by atoms with Crippen LogP contribution in [0.5, 0.6) is 11.5 Å². The van der Waals surface area contributed by atoms with Gasteiger partial charge in [-0.05, 0) is 42.7 Å². The van der Waals surface area contributed by atoms with Gasteiger partial charge >= 0.3 is 0 Å². The van der Waals surface area contributed by atoms with Crippen molar-refractivity contribution in [3.8, 4) is 11.5 Å². The maximum absolute atomic E-state index is 5.35. The van der Waals surface area contributed by atoms with Crippen molar-refractivity contribution in [3.63, 3.8) is 0 Å². The summed E-state index contributed by atoms with van der Waals surface area (Å²) in [5.74, 6) is 3.63. The zero-order chi connectivity index (χ0) is 13.4. The van der Waals surface area contributed by atoms with Gasteiger partial charge in [-0.25, -0.2) is 0 Å². The largest absolute Gasteiger partial charge is 0.497 e. The Balaban J connectivity index is 2.54. The standard InChI is InChI=1S/C14H23NO2S/c1-11(10-18-4)8-15-9-12-7-13(16-2)5-6-14(12)17-3/h5-7,11,15H,8-10H2,1-4H3. The van der Waals surface area contributed by atoms with Gasteiger partial charge in [0.2, 0.25) is 0 Å². The molecule has 0 aliphatic heterocycles. The summed E-state index contributed by atoms with van der Waals surface area (Å²) in [4.78, 5) is 0. The molecule has 102 valence electrons. The third kappa shape index (κ3) is 4.78. The molecule has 1 unspecified atom stereocenters. The smallest absolute Gasteiger partial charge is 0.123 e. The number of thioether (sulfide) groups is 1. The van der Waals surface area contributed by atoms with Gasteiger partial charge in [-0.1, -0.05) is 6.92 Å². The lowest BCUT2D eigenvalue weighted by atomic mass is 10.1. The fourth-order valence-electron chi connectivity index (χ4n) is 1.82. The van der Waals surface area contributed by atoms with E-state index in [-0.39, 0.29) is 0 Å². The van der Waals surface area contributed by atoms with Gasteiger partial charge in [0.1, 0.15) is 11.5 Å². The van der Waals surface area contributed by atoms with Crippen LogP contribution in [-0.2, 0) is 6.54 Å². The molecule has 18 heavy (non-hydrogen) atoms. The number of nitrogens with one attached hydrogen (secondary N) is 1. The normalized spacial score (nSPS) is 12.2. The molecule has 0 aliphatic carbocycles. The van der Waals surface area contributed by atoms with Crippen molar-refractivity contribution < 1.29 is 9.47 Å². The van der Waals surface area contributed by atoms with Crippen molar-refractivity contribution in [3.05, 3.63) is 23.8 Å². The van der Waals surface area contributed by atoms with E-state index in [2.05, 4.69) is 18.5 Å². The Bertz CT molecular complexity index is 358. The highest BCUT2D eigenvalue weighted by Gasteiger charge is 2.06. The molecular weight excluding hydrogens is 246 g/mol. The molecule has 3 nitrogen and oxygen atoms in total. The molecule has 0 amide bonds. The van der Waals surface area contributed by atoms with Crippen LogP contribution in [0.1, 0.15) is 12.5 Å². The Kier molecular flexibility index (Phi) is 6.98. The SMILES string of the molecule is COc1ccc(OC)c(CNCC(C)CSC)c1. The van der Waals surface area contributed by atoms with Crippen molar-refractivity contribution in [1.29, 1.82) is 0 Å².